The van der Waals surface area contributed by atoms with E-state index in [1.54, 1.807) is 6.26 Å². The van der Waals surface area contributed by atoms with Crippen molar-refractivity contribution in [1.82, 2.24) is 4.90 Å². The van der Waals surface area contributed by atoms with E-state index in [9.17, 15) is 0 Å². The lowest BCUT2D eigenvalue weighted by atomic mass is 10.1. The van der Waals surface area contributed by atoms with Crippen molar-refractivity contribution >= 4 is 16.8 Å². The Hall–Kier alpha value is -1.80. The summed E-state index contributed by atoms with van der Waals surface area (Å²) in [4.78, 5) is 2.10. The largest absolute Gasteiger partial charge is 0.500 e. The molecule has 0 atom stereocenters. The zero-order chi connectivity index (χ0) is 12.8. The van der Waals surface area contributed by atoms with Crippen LogP contribution in [0.4, 0.5) is 0 Å². The number of hydrogen-bond acceptors (Lipinski definition) is 2. The molecule has 0 bridgehead atoms. The summed E-state index contributed by atoms with van der Waals surface area (Å²) in [6.07, 6.45) is 3.81. The first kappa shape index (κ1) is 12.7. The van der Waals surface area contributed by atoms with Gasteiger partial charge in [-0.2, -0.15) is 0 Å². The molecule has 0 aliphatic heterocycles. The van der Waals surface area contributed by atoms with Gasteiger partial charge in [0.15, 0.2) is 0 Å². The molecule has 0 radical (unpaired) electrons. The van der Waals surface area contributed by atoms with Crippen LogP contribution in [0.3, 0.4) is 0 Å². The highest BCUT2D eigenvalue weighted by atomic mass is 16.5. The van der Waals surface area contributed by atoms with Crippen LogP contribution >= 0.6 is 0 Å². The van der Waals surface area contributed by atoms with Gasteiger partial charge in [-0.1, -0.05) is 42.5 Å². The van der Waals surface area contributed by atoms with Crippen LogP contribution in [0.5, 0.6) is 0 Å². The van der Waals surface area contributed by atoms with Crippen LogP contribution < -0.4 is 0 Å². The molecule has 2 rings (SSSR count). The summed E-state index contributed by atoms with van der Waals surface area (Å²) in [7, 11) is 4.08. The molecule has 0 aliphatic rings. The maximum absolute atomic E-state index is 5.48. The van der Waals surface area contributed by atoms with Gasteiger partial charge in [0.1, 0.15) is 0 Å². The Morgan fingerprint density at radius 1 is 1.06 bits per heavy atom. The minimum atomic E-state index is 0.717. The van der Waals surface area contributed by atoms with Crippen LogP contribution in [-0.2, 0) is 4.74 Å². The maximum atomic E-state index is 5.48. The molecule has 0 heterocycles. The summed E-state index contributed by atoms with van der Waals surface area (Å²) in [5.41, 5.74) is 1.19. The van der Waals surface area contributed by atoms with E-state index in [0.29, 0.717) is 6.61 Å². The summed E-state index contributed by atoms with van der Waals surface area (Å²) >= 11 is 0. The first-order valence-corrected chi connectivity index (χ1v) is 6.18. The SMILES string of the molecule is CN(C)CCO/C=C/c1cccc2ccccc12. The van der Waals surface area contributed by atoms with Crippen LogP contribution in [0.1, 0.15) is 5.56 Å². The summed E-state index contributed by atoms with van der Waals surface area (Å²) in [5.74, 6) is 0. The van der Waals surface area contributed by atoms with Gasteiger partial charge < -0.3 is 9.64 Å². The average molecular weight is 241 g/mol. The summed E-state index contributed by atoms with van der Waals surface area (Å²) < 4.78 is 5.48. The fourth-order valence-electron chi connectivity index (χ4n) is 1.82. The molecule has 18 heavy (non-hydrogen) atoms. The topological polar surface area (TPSA) is 12.5 Å². The van der Waals surface area contributed by atoms with Crippen molar-refractivity contribution in [3.8, 4) is 0 Å². The van der Waals surface area contributed by atoms with Crippen LogP contribution in [0.25, 0.3) is 16.8 Å². The van der Waals surface area contributed by atoms with Crippen molar-refractivity contribution in [2.24, 2.45) is 0 Å². The molecule has 0 amide bonds. The molecule has 0 N–H and O–H groups in total. The van der Waals surface area contributed by atoms with Crippen molar-refractivity contribution in [3.05, 3.63) is 54.3 Å². The van der Waals surface area contributed by atoms with Gasteiger partial charge in [0.25, 0.3) is 0 Å². The molecule has 0 fully saturated rings. The second-order valence-corrected chi connectivity index (χ2v) is 4.55. The van der Waals surface area contributed by atoms with Crippen molar-refractivity contribution < 1.29 is 4.74 Å². The molecule has 2 heteroatoms. The van der Waals surface area contributed by atoms with E-state index in [1.165, 1.54) is 16.3 Å². The number of rotatable bonds is 5. The third-order valence-corrected chi connectivity index (χ3v) is 2.82. The van der Waals surface area contributed by atoms with Gasteiger partial charge in [0.2, 0.25) is 0 Å². The van der Waals surface area contributed by atoms with E-state index < -0.39 is 0 Å². The summed E-state index contributed by atoms with van der Waals surface area (Å²) in [6.45, 7) is 1.65. The van der Waals surface area contributed by atoms with Crippen LogP contribution in [-0.4, -0.2) is 32.1 Å². The normalized spacial score (nSPS) is 11.5. The molecule has 0 saturated carbocycles. The second-order valence-electron chi connectivity index (χ2n) is 4.55. The maximum Gasteiger partial charge on any atom is 0.0999 e. The molecule has 2 nitrogen and oxygen atoms in total. The van der Waals surface area contributed by atoms with Crippen molar-refractivity contribution in [2.45, 2.75) is 0 Å². The Bertz CT molecular complexity index is 526. The van der Waals surface area contributed by atoms with E-state index in [0.717, 1.165) is 6.54 Å². The highest BCUT2D eigenvalue weighted by Crippen LogP contribution is 2.19. The molecule has 2 aromatic carbocycles. The minimum absolute atomic E-state index is 0.717. The molecule has 0 aromatic heterocycles. The Kier molecular flexibility index (Phi) is 4.37. The van der Waals surface area contributed by atoms with Crippen LogP contribution in [0.15, 0.2) is 48.7 Å². The smallest absolute Gasteiger partial charge is 0.0999 e. The third-order valence-electron chi connectivity index (χ3n) is 2.82. The quantitative estimate of drug-likeness (QED) is 0.587. The highest BCUT2D eigenvalue weighted by molar-refractivity contribution is 5.90. The van der Waals surface area contributed by atoms with Gasteiger partial charge in [-0.05, 0) is 36.5 Å². The molecular weight excluding hydrogens is 222 g/mol. The van der Waals surface area contributed by atoms with E-state index in [-0.39, 0.29) is 0 Å². The second kappa shape index (κ2) is 6.22. The third kappa shape index (κ3) is 3.34. The molecule has 94 valence electrons. The van der Waals surface area contributed by atoms with E-state index in [2.05, 4.69) is 47.4 Å². The summed E-state index contributed by atoms with van der Waals surface area (Å²) in [5, 5.41) is 2.51. The zero-order valence-corrected chi connectivity index (χ0v) is 11.0. The minimum Gasteiger partial charge on any atom is -0.500 e. The Morgan fingerprint density at radius 3 is 2.67 bits per heavy atom. The van der Waals surface area contributed by atoms with Gasteiger partial charge in [0, 0.05) is 6.54 Å². The number of ether oxygens (including phenoxy) is 1. The Labute approximate surface area is 108 Å². The number of fused-ring (bicyclic) bond motifs is 1. The molecule has 0 unspecified atom stereocenters. The molecule has 0 saturated heterocycles. The number of benzene rings is 2. The van der Waals surface area contributed by atoms with Crippen molar-refractivity contribution in [3.63, 3.8) is 0 Å². The number of hydrogen-bond donors (Lipinski definition) is 0. The van der Waals surface area contributed by atoms with Gasteiger partial charge in [-0.25, -0.2) is 0 Å². The lowest BCUT2D eigenvalue weighted by Crippen LogP contribution is -2.16. The van der Waals surface area contributed by atoms with Crippen LogP contribution in [0.2, 0.25) is 0 Å². The first-order valence-electron chi connectivity index (χ1n) is 6.18. The predicted octanol–water partition coefficient (Wildman–Crippen LogP) is 3.39. The van der Waals surface area contributed by atoms with E-state index in [1.807, 2.05) is 20.2 Å². The first-order chi connectivity index (χ1) is 8.77. The number of likely N-dealkylation sites (N-methyl/N-ethyl adjacent to an activating group) is 1. The van der Waals surface area contributed by atoms with Gasteiger partial charge in [0.05, 0.1) is 12.9 Å². The van der Waals surface area contributed by atoms with Gasteiger partial charge >= 0.3 is 0 Å². The summed E-state index contributed by atoms with van der Waals surface area (Å²) in [6, 6.07) is 14.7. The van der Waals surface area contributed by atoms with Crippen molar-refractivity contribution in [2.75, 3.05) is 27.2 Å². The fraction of sp³-hybridized carbons (Fsp3) is 0.250. The zero-order valence-electron chi connectivity index (χ0n) is 11.0. The van der Waals surface area contributed by atoms with Gasteiger partial charge in [-0.3, -0.25) is 0 Å². The van der Waals surface area contributed by atoms with Gasteiger partial charge in [-0.15, -0.1) is 0 Å². The molecule has 0 aliphatic carbocycles. The average Bonchev–Trinajstić information content (AvgIpc) is 2.38. The highest BCUT2D eigenvalue weighted by Gasteiger charge is 1.96. The Balaban J connectivity index is 2.05. The standard InChI is InChI=1S/C16H19NO/c1-17(2)11-13-18-12-10-15-8-5-7-14-6-3-4-9-16(14)15/h3-10,12H,11,13H2,1-2H3/b12-10+. The van der Waals surface area contributed by atoms with E-state index in [4.69, 9.17) is 4.74 Å². The monoisotopic (exact) mass is 241 g/mol. The molecular formula is C16H19NO. The molecule has 0 spiro atoms. The van der Waals surface area contributed by atoms with E-state index >= 15 is 0 Å². The molecule has 2 aromatic rings. The number of nitrogens with zero attached hydrogens (tertiary/aromatic N) is 1. The lowest BCUT2D eigenvalue weighted by molar-refractivity contribution is 0.214. The predicted molar refractivity (Wildman–Crippen MR) is 77.5 cm³/mol. The lowest BCUT2D eigenvalue weighted by Gasteiger charge is -2.08. The van der Waals surface area contributed by atoms with Crippen LogP contribution in [0, 0.1) is 0 Å². The fourth-order valence-corrected chi connectivity index (χ4v) is 1.82. The Morgan fingerprint density at radius 2 is 1.83 bits per heavy atom. The van der Waals surface area contributed by atoms with Crippen molar-refractivity contribution in [1.29, 1.82) is 0 Å².